The lowest BCUT2D eigenvalue weighted by Gasteiger charge is -2.33. The van der Waals surface area contributed by atoms with Crippen molar-refractivity contribution in [2.45, 2.75) is 38.4 Å². The van der Waals surface area contributed by atoms with Gasteiger partial charge in [0.15, 0.2) is 0 Å². The highest BCUT2D eigenvalue weighted by atomic mass is 15.2. The summed E-state index contributed by atoms with van der Waals surface area (Å²) in [6.45, 7) is 4.10. The zero-order chi connectivity index (χ0) is 14.7. The quantitative estimate of drug-likeness (QED) is 0.940. The van der Waals surface area contributed by atoms with Crippen molar-refractivity contribution in [2.75, 3.05) is 6.54 Å². The predicted molar refractivity (Wildman–Crippen MR) is 85.8 cm³/mol. The van der Waals surface area contributed by atoms with Crippen molar-refractivity contribution in [3.05, 3.63) is 65.5 Å². The van der Waals surface area contributed by atoms with Crippen molar-refractivity contribution >= 4 is 0 Å². The molecule has 0 spiro atoms. The number of aromatic nitrogens is 1. The summed E-state index contributed by atoms with van der Waals surface area (Å²) in [5, 5.41) is 0. The molecule has 0 saturated carbocycles. The highest BCUT2D eigenvalue weighted by molar-refractivity contribution is 5.28. The summed E-state index contributed by atoms with van der Waals surface area (Å²) < 4.78 is 0. The van der Waals surface area contributed by atoms with Gasteiger partial charge in [-0.1, -0.05) is 30.3 Å². The molecule has 2 atom stereocenters. The fraction of sp³-hybridized carbons (Fsp3) is 0.389. The first-order valence-electron chi connectivity index (χ1n) is 7.73. The van der Waals surface area contributed by atoms with Crippen molar-refractivity contribution in [3.63, 3.8) is 0 Å². The normalized spacial score (nSPS) is 18.6. The van der Waals surface area contributed by atoms with Gasteiger partial charge in [0.25, 0.3) is 0 Å². The SMILES string of the molecule is CC(N)C(c1ccccn1)N1CCCc2ccccc2C1. The van der Waals surface area contributed by atoms with Crippen molar-refractivity contribution < 1.29 is 0 Å². The Morgan fingerprint density at radius 1 is 1.10 bits per heavy atom. The van der Waals surface area contributed by atoms with Crippen LogP contribution < -0.4 is 5.73 Å². The van der Waals surface area contributed by atoms with E-state index in [1.165, 1.54) is 17.5 Å². The first-order chi connectivity index (χ1) is 10.3. The Hall–Kier alpha value is -1.71. The molecule has 3 nitrogen and oxygen atoms in total. The fourth-order valence-electron chi connectivity index (χ4n) is 3.30. The molecule has 2 N–H and O–H groups in total. The van der Waals surface area contributed by atoms with Crippen molar-refractivity contribution in [1.29, 1.82) is 0 Å². The van der Waals surface area contributed by atoms with Gasteiger partial charge < -0.3 is 5.73 Å². The highest BCUT2D eigenvalue weighted by Crippen LogP contribution is 2.28. The maximum atomic E-state index is 6.29. The number of nitrogens with two attached hydrogens (primary N) is 1. The second-order valence-electron chi connectivity index (χ2n) is 5.90. The maximum Gasteiger partial charge on any atom is 0.0673 e. The van der Waals surface area contributed by atoms with Crippen LogP contribution in [0.25, 0.3) is 0 Å². The lowest BCUT2D eigenvalue weighted by Crippen LogP contribution is -2.39. The Morgan fingerprint density at radius 2 is 1.86 bits per heavy atom. The molecule has 0 amide bonds. The second kappa shape index (κ2) is 6.37. The number of fused-ring (bicyclic) bond motifs is 1. The second-order valence-corrected chi connectivity index (χ2v) is 5.90. The van der Waals surface area contributed by atoms with Crippen LogP contribution in [0.5, 0.6) is 0 Å². The van der Waals surface area contributed by atoms with Gasteiger partial charge in [0.1, 0.15) is 0 Å². The first kappa shape index (κ1) is 14.2. The Balaban J connectivity index is 1.90. The molecule has 0 aliphatic carbocycles. The Bertz CT molecular complexity index is 580. The largest absolute Gasteiger partial charge is 0.326 e. The number of pyridine rings is 1. The van der Waals surface area contributed by atoms with Crippen LogP contribution in [0.4, 0.5) is 0 Å². The van der Waals surface area contributed by atoms with Crippen molar-refractivity contribution in [1.82, 2.24) is 9.88 Å². The van der Waals surface area contributed by atoms with Gasteiger partial charge in [-0.15, -0.1) is 0 Å². The fourth-order valence-corrected chi connectivity index (χ4v) is 3.30. The van der Waals surface area contributed by atoms with Crippen LogP contribution in [0.1, 0.15) is 36.2 Å². The Morgan fingerprint density at radius 3 is 2.57 bits per heavy atom. The summed E-state index contributed by atoms with van der Waals surface area (Å²) in [5.74, 6) is 0. The van der Waals surface area contributed by atoms with E-state index in [2.05, 4.69) is 47.1 Å². The average molecular weight is 281 g/mol. The molecule has 2 aromatic rings. The molecule has 0 radical (unpaired) electrons. The van der Waals surface area contributed by atoms with Gasteiger partial charge in [0.05, 0.1) is 11.7 Å². The standard InChI is InChI=1S/C18H23N3/c1-14(19)18(17-10-4-5-11-20-17)21-12-6-9-15-7-2-3-8-16(15)13-21/h2-5,7-8,10-11,14,18H,6,9,12-13,19H2,1H3. The van der Waals surface area contributed by atoms with Gasteiger partial charge in [-0.25, -0.2) is 0 Å². The zero-order valence-corrected chi connectivity index (χ0v) is 12.6. The van der Waals surface area contributed by atoms with Crippen molar-refractivity contribution in [2.24, 2.45) is 5.73 Å². The van der Waals surface area contributed by atoms with E-state index < -0.39 is 0 Å². The molecular weight excluding hydrogens is 258 g/mol. The minimum absolute atomic E-state index is 0.0603. The number of aryl methyl sites for hydroxylation is 1. The summed E-state index contributed by atoms with van der Waals surface area (Å²) in [7, 11) is 0. The topological polar surface area (TPSA) is 42.1 Å². The molecule has 2 heterocycles. The van der Waals surface area contributed by atoms with Gasteiger partial charge in [-0.05, 0) is 49.6 Å². The summed E-state index contributed by atoms with van der Waals surface area (Å²) in [5.41, 5.74) is 10.3. The Labute approximate surface area is 126 Å². The van der Waals surface area contributed by atoms with Gasteiger partial charge in [-0.2, -0.15) is 0 Å². The molecule has 2 unspecified atom stereocenters. The predicted octanol–water partition coefficient (Wildman–Crippen LogP) is 2.92. The van der Waals surface area contributed by atoms with E-state index in [9.17, 15) is 0 Å². The Kier molecular flexibility index (Phi) is 4.32. The van der Waals surface area contributed by atoms with E-state index in [0.29, 0.717) is 0 Å². The number of nitrogens with zero attached hydrogens (tertiary/aromatic N) is 2. The van der Waals surface area contributed by atoms with E-state index >= 15 is 0 Å². The molecular formula is C18H23N3. The highest BCUT2D eigenvalue weighted by Gasteiger charge is 2.27. The first-order valence-corrected chi connectivity index (χ1v) is 7.73. The molecule has 1 aromatic heterocycles. The van der Waals surface area contributed by atoms with E-state index in [-0.39, 0.29) is 12.1 Å². The van der Waals surface area contributed by atoms with E-state index in [4.69, 9.17) is 5.73 Å². The molecule has 0 fully saturated rings. The molecule has 0 bridgehead atoms. The monoisotopic (exact) mass is 281 g/mol. The van der Waals surface area contributed by atoms with Crippen molar-refractivity contribution in [3.8, 4) is 0 Å². The molecule has 3 heteroatoms. The molecule has 21 heavy (non-hydrogen) atoms. The average Bonchev–Trinajstić information content (AvgIpc) is 2.70. The molecule has 1 aliphatic heterocycles. The minimum Gasteiger partial charge on any atom is -0.326 e. The van der Waals surface area contributed by atoms with Crippen LogP contribution in [0.15, 0.2) is 48.7 Å². The number of rotatable bonds is 3. The summed E-state index contributed by atoms with van der Waals surface area (Å²) in [6, 6.07) is 15.1. The number of benzene rings is 1. The third kappa shape index (κ3) is 3.14. The van der Waals surface area contributed by atoms with Gasteiger partial charge in [-0.3, -0.25) is 9.88 Å². The molecule has 0 saturated heterocycles. The van der Waals surface area contributed by atoms with Crippen LogP contribution in [0.2, 0.25) is 0 Å². The van der Waals surface area contributed by atoms with Gasteiger partial charge in [0, 0.05) is 18.8 Å². The van der Waals surface area contributed by atoms with Crippen LogP contribution in [-0.2, 0) is 13.0 Å². The van der Waals surface area contributed by atoms with E-state index in [1.54, 1.807) is 0 Å². The van der Waals surface area contributed by atoms with E-state index in [1.807, 2.05) is 18.3 Å². The molecule has 3 rings (SSSR count). The summed E-state index contributed by atoms with van der Waals surface area (Å²) >= 11 is 0. The third-order valence-electron chi connectivity index (χ3n) is 4.27. The minimum atomic E-state index is 0.0603. The molecule has 110 valence electrons. The lowest BCUT2D eigenvalue weighted by atomic mass is 10.0. The van der Waals surface area contributed by atoms with Crippen LogP contribution in [0.3, 0.4) is 0 Å². The van der Waals surface area contributed by atoms with Gasteiger partial charge in [0.2, 0.25) is 0 Å². The van der Waals surface area contributed by atoms with Gasteiger partial charge >= 0.3 is 0 Å². The zero-order valence-electron chi connectivity index (χ0n) is 12.6. The van der Waals surface area contributed by atoms with Crippen LogP contribution >= 0.6 is 0 Å². The van der Waals surface area contributed by atoms with Crippen LogP contribution in [-0.4, -0.2) is 22.5 Å². The summed E-state index contributed by atoms with van der Waals surface area (Å²) in [4.78, 5) is 7.03. The summed E-state index contributed by atoms with van der Waals surface area (Å²) in [6.07, 6.45) is 4.18. The molecule has 1 aromatic carbocycles. The third-order valence-corrected chi connectivity index (χ3v) is 4.27. The number of hydrogen-bond acceptors (Lipinski definition) is 3. The maximum absolute atomic E-state index is 6.29. The lowest BCUT2D eigenvalue weighted by molar-refractivity contribution is 0.166. The smallest absolute Gasteiger partial charge is 0.0673 e. The molecule has 1 aliphatic rings. The van der Waals surface area contributed by atoms with E-state index in [0.717, 1.165) is 25.2 Å². The van der Waals surface area contributed by atoms with Crippen LogP contribution in [0, 0.1) is 0 Å². The number of hydrogen-bond donors (Lipinski definition) is 1.